The summed E-state index contributed by atoms with van der Waals surface area (Å²) in [6, 6.07) is 7.03. The highest BCUT2D eigenvalue weighted by molar-refractivity contribution is 14.1. The van der Waals surface area contributed by atoms with E-state index in [-0.39, 0.29) is 29.4 Å². The van der Waals surface area contributed by atoms with E-state index in [1.54, 1.807) is 12.1 Å². The van der Waals surface area contributed by atoms with Crippen molar-refractivity contribution >= 4 is 39.7 Å². The number of anilines is 3. The highest BCUT2D eigenvalue weighted by Crippen LogP contribution is 2.34. The molecule has 2 aromatic carbocycles. The first-order valence-corrected chi connectivity index (χ1v) is 7.14. The van der Waals surface area contributed by atoms with Crippen molar-refractivity contribution in [2.75, 3.05) is 17.7 Å². The molecule has 110 valence electrons. The molecule has 0 unspecified atom stereocenters. The minimum atomic E-state index is -0.531. The second-order valence-corrected chi connectivity index (χ2v) is 5.46. The molecule has 0 heterocycles. The lowest BCUT2D eigenvalue weighted by Gasteiger charge is -2.14. The number of halogens is 3. The Labute approximate surface area is 134 Å². The van der Waals surface area contributed by atoms with Crippen LogP contribution < -0.4 is 15.8 Å². The zero-order chi connectivity index (χ0) is 15.4. The van der Waals surface area contributed by atoms with Crippen LogP contribution in [0.15, 0.2) is 43.0 Å². The number of ether oxygens (including phenoxy) is 1. The molecule has 0 amide bonds. The number of nitrogen functional groups attached to an aromatic ring is 1. The lowest BCUT2D eigenvalue weighted by atomic mass is 10.2. The van der Waals surface area contributed by atoms with E-state index >= 15 is 0 Å². The normalized spacial score (nSPS) is 10.2. The third-order valence-electron chi connectivity index (χ3n) is 2.66. The third-order valence-corrected chi connectivity index (χ3v) is 3.33. The Kier molecular flexibility index (Phi) is 5.00. The molecule has 0 aromatic heterocycles. The first-order valence-electron chi connectivity index (χ1n) is 6.06. The Morgan fingerprint density at radius 3 is 2.67 bits per heavy atom. The average molecular weight is 402 g/mol. The average Bonchev–Trinajstić information content (AvgIpc) is 2.43. The second-order valence-electron chi connectivity index (χ2n) is 4.21. The lowest BCUT2D eigenvalue weighted by molar-refractivity contribution is 0.363. The molecular weight excluding hydrogens is 389 g/mol. The molecule has 0 atom stereocenters. The van der Waals surface area contributed by atoms with Crippen molar-refractivity contribution in [2.24, 2.45) is 0 Å². The highest BCUT2D eigenvalue weighted by atomic mass is 127. The van der Waals surface area contributed by atoms with Gasteiger partial charge in [0.2, 0.25) is 0 Å². The van der Waals surface area contributed by atoms with Crippen LogP contribution in [0.2, 0.25) is 0 Å². The molecule has 2 aromatic rings. The molecule has 0 aliphatic carbocycles. The van der Waals surface area contributed by atoms with E-state index in [2.05, 4.69) is 11.9 Å². The number of hydrogen-bond donors (Lipinski definition) is 2. The molecule has 3 nitrogen and oxygen atoms in total. The van der Waals surface area contributed by atoms with E-state index in [9.17, 15) is 8.78 Å². The molecule has 21 heavy (non-hydrogen) atoms. The van der Waals surface area contributed by atoms with Crippen molar-refractivity contribution in [1.29, 1.82) is 0 Å². The molecule has 2 rings (SSSR count). The summed E-state index contributed by atoms with van der Waals surface area (Å²) in [5, 5.41) is 2.78. The summed E-state index contributed by atoms with van der Waals surface area (Å²) in [6.07, 6.45) is 1.52. The molecule has 0 aliphatic rings. The Bertz CT molecular complexity index is 677. The first-order chi connectivity index (χ1) is 10.0. The van der Waals surface area contributed by atoms with Gasteiger partial charge in [-0.25, -0.2) is 8.78 Å². The maximum Gasteiger partial charge on any atom is 0.147 e. The van der Waals surface area contributed by atoms with Crippen LogP contribution in [0.5, 0.6) is 5.75 Å². The molecule has 0 saturated heterocycles. The minimum absolute atomic E-state index is 0.184. The highest BCUT2D eigenvalue weighted by Gasteiger charge is 2.11. The van der Waals surface area contributed by atoms with Crippen LogP contribution in [0.1, 0.15) is 0 Å². The number of rotatable bonds is 5. The van der Waals surface area contributed by atoms with Crippen molar-refractivity contribution in [3.63, 3.8) is 0 Å². The molecule has 0 bridgehead atoms. The van der Waals surface area contributed by atoms with E-state index in [1.807, 2.05) is 22.6 Å². The van der Waals surface area contributed by atoms with Crippen LogP contribution in [0.3, 0.4) is 0 Å². The lowest BCUT2D eigenvalue weighted by Crippen LogP contribution is -2.03. The Balaban J connectivity index is 2.34. The minimum Gasteiger partial charge on any atom is -0.487 e. The van der Waals surface area contributed by atoms with Gasteiger partial charge in [0.25, 0.3) is 0 Å². The van der Waals surface area contributed by atoms with Gasteiger partial charge in [-0.15, -0.1) is 0 Å². The first kappa shape index (κ1) is 15.6. The summed E-state index contributed by atoms with van der Waals surface area (Å²) in [5.74, 6) is -0.792. The van der Waals surface area contributed by atoms with E-state index in [1.165, 1.54) is 24.3 Å². The Hall–Kier alpha value is -1.83. The van der Waals surface area contributed by atoms with Gasteiger partial charge in [0.1, 0.15) is 24.0 Å². The largest absolute Gasteiger partial charge is 0.487 e. The van der Waals surface area contributed by atoms with Crippen LogP contribution >= 0.6 is 22.6 Å². The summed E-state index contributed by atoms with van der Waals surface area (Å²) in [6.45, 7) is 3.71. The molecule has 0 radical (unpaired) electrons. The summed E-state index contributed by atoms with van der Waals surface area (Å²) in [5.41, 5.74) is 6.57. The van der Waals surface area contributed by atoms with Gasteiger partial charge in [-0.3, -0.25) is 0 Å². The van der Waals surface area contributed by atoms with Gasteiger partial charge in [-0.1, -0.05) is 12.7 Å². The van der Waals surface area contributed by atoms with Gasteiger partial charge >= 0.3 is 0 Å². The summed E-state index contributed by atoms with van der Waals surface area (Å²) in [7, 11) is 0. The van der Waals surface area contributed by atoms with E-state index < -0.39 is 11.6 Å². The van der Waals surface area contributed by atoms with Crippen LogP contribution in [0, 0.1) is 15.2 Å². The fourth-order valence-corrected chi connectivity index (χ4v) is 2.15. The zero-order valence-corrected chi connectivity index (χ0v) is 13.2. The molecule has 6 heteroatoms. The fraction of sp³-hybridized carbons (Fsp3) is 0.0667. The van der Waals surface area contributed by atoms with Gasteiger partial charge in [0.15, 0.2) is 0 Å². The fourth-order valence-electron chi connectivity index (χ4n) is 1.70. The van der Waals surface area contributed by atoms with Gasteiger partial charge in [-0.2, -0.15) is 0 Å². The van der Waals surface area contributed by atoms with Crippen LogP contribution in [-0.4, -0.2) is 6.61 Å². The van der Waals surface area contributed by atoms with Crippen LogP contribution in [0.4, 0.5) is 25.8 Å². The van der Waals surface area contributed by atoms with Crippen molar-refractivity contribution in [3.8, 4) is 5.75 Å². The second kappa shape index (κ2) is 6.75. The van der Waals surface area contributed by atoms with Crippen molar-refractivity contribution in [1.82, 2.24) is 0 Å². The number of nitrogens with two attached hydrogens (primary N) is 1. The van der Waals surface area contributed by atoms with Crippen LogP contribution in [-0.2, 0) is 0 Å². The smallest absolute Gasteiger partial charge is 0.147 e. The maximum atomic E-state index is 13.8. The summed E-state index contributed by atoms with van der Waals surface area (Å²) >= 11 is 2.00. The quantitative estimate of drug-likeness (QED) is 0.441. The van der Waals surface area contributed by atoms with Crippen LogP contribution in [0.25, 0.3) is 0 Å². The summed E-state index contributed by atoms with van der Waals surface area (Å²) in [4.78, 5) is 0. The SMILES string of the molecule is C=CCOc1cc(F)cc(Nc2ccc(I)cc2F)c1N. The monoisotopic (exact) mass is 402 g/mol. The van der Waals surface area contributed by atoms with Gasteiger partial charge in [-0.05, 0) is 46.9 Å². The number of benzene rings is 2. The van der Waals surface area contributed by atoms with Crippen molar-refractivity contribution in [2.45, 2.75) is 0 Å². The number of nitrogens with one attached hydrogen (secondary N) is 1. The molecular formula is C15H13F2IN2O. The number of hydrogen-bond acceptors (Lipinski definition) is 3. The van der Waals surface area contributed by atoms with Gasteiger partial charge < -0.3 is 15.8 Å². The van der Waals surface area contributed by atoms with Crippen molar-refractivity contribution in [3.05, 3.63) is 58.2 Å². The Morgan fingerprint density at radius 2 is 2.00 bits per heavy atom. The van der Waals surface area contributed by atoms with Gasteiger partial charge in [0.05, 0.1) is 17.1 Å². The predicted octanol–water partition coefficient (Wildman–Crippen LogP) is 4.46. The zero-order valence-electron chi connectivity index (χ0n) is 11.0. The predicted molar refractivity (Wildman–Crippen MR) is 88.9 cm³/mol. The van der Waals surface area contributed by atoms with E-state index in [0.29, 0.717) is 0 Å². The third kappa shape index (κ3) is 3.84. The van der Waals surface area contributed by atoms with Crippen molar-refractivity contribution < 1.29 is 13.5 Å². The van der Waals surface area contributed by atoms with E-state index in [0.717, 1.165) is 3.57 Å². The Morgan fingerprint density at radius 1 is 1.24 bits per heavy atom. The summed E-state index contributed by atoms with van der Waals surface area (Å²) < 4.78 is 33.5. The molecule has 3 N–H and O–H groups in total. The molecule has 0 spiro atoms. The van der Waals surface area contributed by atoms with Gasteiger partial charge in [0, 0.05) is 9.64 Å². The molecule has 0 saturated carbocycles. The van der Waals surface area contributed by atoms with E-state index in [4.69, 9.17) is 10.5 Å². The molecule has 0 fully saturated rings. The standard InChI is InChI=1S/C15H13F2IN2O/c1-2-5-21-14-7-9(16)6-13(15(14)19)20-12-4-3-10(18)8-11(12)17/h2-4,6-8,20H,1,5,19H2. The molecule has 0 aliphatic heterocycles. The topological polar surface area (TPSA) is 47.3 Å². The maximum absolute atomic E-state index is 13.8.